The molecule has 1 saturated heterocycles. The molecular formula is C19H22N2O4S. The SMILES string of the molecule is Cc1ccc(S(=O)(=O)N2CCCCC2)cc1C(=O)Nc1ccccc1O. The number of piperidine rings is 1. The van der Waals surface area contributed by atoms with Gasteiger partial charge in [0.1, 0.15) is 5.75 Å². The zero-order chi connectivity index (χ0) is 18.7. The van der Waals surface area contributed by atoms with Crippen LogP contribution in [-0.2, 0) is 10.0 Å². The third-order valence-electron chi connectivity index (χ3n) is 4.56. The number of para-hydroxylation sites is 2. The van der Waals surface area contributed by atoms with Gasteiger partial charge in [0, 0.05) is 18.7 Å². The van der Waals surface area contributed by atoms with Gasteiger partial charge in [-0.25, -0.2) is 8.42 Å². The molecule has 0 saturated carbocycles. The highest BCUT2D eigenvalue weighted by atomic mass is 32.2. The Kier molecular flexibility index (Phi) is 5.29. The van der Waals surface area contributed by atoms with E-state index in [1.54, 1.807) is 31.2 Å². The van der Waals surface area contributed by atoms with E-state index in [4.69, 9.17) is 0 Å². The molecule has 6 nitrogen and oxygen atoms in total. The van der Waals surface area contributed by atoms with E-state index in [9.17, 15) is 18.3 Å². The molecule has 1 aliphatic rings. The average Bonchev–Trinajstić information content (AvgIpc) is 2.64. The Hall–Kier alpha value is -2.38. The van der Waals surface area contributed by atoms with Crippen LogP contribution in [0.4, 0.5) is 5.69 Å². The van der Waals surface area contributed by atoms with Gasteiger partial charge in [0.15, 0.2) is 0 Å². The lowest BCUT2D eigenvalue weighted by atomic mass is 10.1. The van der Waals surface area contributed by atoms with E-state index in [2.05, 4.69) is 5.32 Å². The number of hydrogen-bond acceptors (Lipinski definition) is 4. The molecule has 2 N–H and O–H groups in total. The summed E-state index contributed by atoms with van der Waals surface area (Å²) in [5.41, 5.74) is 1.21. The molecule has 3 rings (SSSR count). The number of phenols is 1. The molecule has 1 aliphatic heterocycles. The van der Waals surface area contributed by atoms with Crippen molar-refractivity contribution in [2.24, 2.45) is 0 Å². The molecule has 26 heavy (non-hydrogen) atoms. The molecule has 1 amide bonds. The fourth-order valence-electron chi connectivity index (χ4n) is 3.03. The third kappa shape index (κ3) is 3.73. The van der Waals surface area contributed by atoms with Crippen molar-refractivity contribution in [3.8, 4) is 5.75 Å². The summed E-state index contributed by atoms with van der Waals surface area (Å²) in [6.07, 6.45) is 2.74. The monoisotopic (exact) mass is 374 g/mol. The Morgan fingerprint density at radius 2 is 1.77 bits per heavy atom. The van der Waals surface area contributed by atoms with Crippen molar-refractivity contribution >= 4 is 21.6 Å². The first-order valence-electron chi connectivity index (χ1n) is 8.60. The lowest BCUT2D eigenvalue weighted by molar-refractivity contribution is 0.102. The first-order valence-corrected chi connectivity index (χ1v) is 10.0. The van der Waals surface area contributed by atoms with Crippen LogP contribution in [0.2, 0.25) is 0 Å². The topological polar surface area (TPSA) is 86.7 Å². The number of phenolic OH excluding ortho intramolecular Hbond substituents is 1. The van der Waals surface area contributed by atoms with Gasteiger partial charge in [-0.3, -0.25) is 4.79 Å². The van der Waals surface area contributed by atoms with Crippen molar-refractivity contribution in [3.05, 3.63) is 53.6 Å². The summed E-state index contributed by atoms with van der Waals surface area (Å²) in [6.45, 7) is 2.77. The van der Waals surface area contributed by atoms with Gasteiger partial charge in [0.05, 0.1) is 10.6 Å². The van der Waals surface area contributed by atoms with E-state index in [1.807, 2.05) is 0 Å². The Morgan fingerprint density at radius 3 is 2.46 bits per heavy atom. The zero-order valence-electron chi connectivity index (χ0n) is 14.6. The van der Waals surface area contributed by atoms with Crippen LogP contribution < -0.4 is 5.32 Å². The molecule has 2 aromatic rings. The minimum Gasteiger partial charge on any atom is -0.506 e. The standard InChI is InChI=1S/C19H22N2O4S/c1-14-9-10-15(26(24,25)21-11-5-2-6-12-21)13-16(14)19(23)20-17-7-3-4-8-18(17)22/h3-4,7-10,13,22H,2,5-6,11-12H2,1H3,(H,20,23). The summed E-state index contributed by atoms with van der Waals surface area (Å²) < 4.78 is 27.2. The summed E-state index contributed by atoms with van der Waals surface area (Å²) in [5, 5.41) is 12.4. The molecule has 0 bridgehead atoms. The Balaban J connectivity index is 1.90. The number of carbonyl (C=O) groups excluding carboxylic acids is 1. The number of anilines is 1. The molecule has 0 spiro atoms. The highest BCUT2D eigenvalue weighted by Crippen LogP contribution is 2.25. The van der Waals surface area contributed by atoms with Gasteiger partial charge in [-0.2, -0.15) is 4.31 Å². The van der Waals surface area contributed by atoms with Gasteiger partial charge in [0.25, 0.3) is 5.91 Å². The highest BCUT2D eigenvalue weighted by molar-refractivity contribution is 7.89. The van der Waals surface area contributed by atoms with E-state index in [-0.39, 0.29) is 21.9 Å². The molecular weight excluding hydrogens is 352 g/mol. The minimum absolute atomic E-state index is 0.0457. The number of benzene rings is 2. The number of nitrogens with zero attached hydrogens (tertiary/aromatic N) is 1. The number of nitrogens with one attached hydrogen (secondary N) is 1. The summed E-state index contributed by atoms with van der Waals surface area (Å²) >= 11 is 0. The Morgan fingerprint density at radius 1 is 1.08 bits per heavy atom. The fourth-order valence-corrected chi connectivity index (χ4v) is 4.57. The largest absolute Gasteiger partial charge is 0.506 e. The van der Waals surface area contributed by atoms with Crippen LogP contribution in [-0.4, -0.2) is 36.8 Å². The van der Waals surface area contributed by atoms with Crippen molar-refractivity contribution in [2.45, 2.75) is 31.1 Å². The Labute approximate surface area is 153 Å². The van der Waals surface area contributed by atoms with Gasteiger partial charge in [-0.15, -0.1) is 0 Å². The van der Waals surface area contributed by atoms with Crippen molar-refractivity contribution in [1.29, 1.82) is 0 Å². The summed E-state index contributed by atoms with van der Waals surface area (Å²) in [6, 6.07) is 11.0. The smallest absolute Gasteiger partial charge is 0.256 e. The average molecular weight is 374 g/mol. The molecule has 7 heteroatoms. The molecule has 2 aromatic carbocycles. The van der Waals surface area contributed by atoms with Crippen molar-refractivity contribution < 1.29 is 18.3 Å². The summed E-state index contributed by atoms with van der Waals surface area (Å²) in [4.78, 5) is 12.7. The molecule has 1 fully saturated rings. The number of aromatic hydroxyl groups is 1. The van der Waals surface area contributed by atoms with Crippen molar-refractivity contribution in [3.63, 3.8) is 0 Å². The van der Waals surface area contributed by atoms with Gasteiger partial charge in [0.2, 0.25) is 10.0 Å². The molecule has 0 aromatic heterocycles. The van der Waals surface area contributed by atoms with Crippen LogP contribution in [0.15, 0.2) is 47.4 Å². The predicted molar refractivity (Wildman–Crippen MR) is 99.8 cm³/mol. The van der Waals surface area contributed by atoms with Crippen LogP contribution in [0.25, 0.3) is 0 Å². The maximum absolute atomic E-state index is 12.8. The second-order valence-corrected chi connectivity index (χ2v) is 8.35. The van der Waals surface area contributed by atoms with Gasteiger partial charge in [-0.05, 0) is 49.6 Å². The molecule has 0 radical (unpaired) electrons. The first-order chi connectivity index (χ1) is 12.4. The van der Waals surface area contributed by atoms with Crippen LogP contribution in [0, 0.1) is 6.92 Å². The van der Waals surface area contributed by atoms with E-state index in [0.717, 1.165) is 19.3 Å². The summed E-state index contributed by atoms with van der Waals surface area (Å²) in [5.74, 6) is -0.504. The molecule has 0 unspecified atom stereocenters. The molecule has 0 aliphatic carbocycles. The van der Waals surface area contributed by atoms with E-state index < -0.39 is 15.9 Å². The second-order valence-electron chi connectivity index (χ2n) is 6.41. The number of amides is 1. The van der Waals surface area contributed by atoms with Gasteiger partial charge < -0.3 is 10.4 Å². The van der Waals surface area contributed by atoms with Crippen LogP contribution >= 0.6 is 0 Å². The van der Waals surface area contributed by atoms with Crippen LogP contribution in [0.5, 0.6) is 5.75 Å². The van der Waals surface area contributed by atoms with Crippen LogP contribution in [0.1, 0.15) is 35.2 Å². The maximum Gasteiger partial charge on any atom is 0.256 e. The van der Waals surface area contributed by atoms with Crippen molar-refractivity contribution in [2.75, 3.05) is 18.4 Å². The number of aryl methyl sites for hydroxylation is 1. The second kappa shape index (κ2) is 7.47. The zero-order valence-corrected chi connectivity index (χ0v) is 15.4. The van der Waals surface area contributed by atoms with E-state index >= 15 is 0 Å². The first kappa shape index (κ1) is 18.4. The quantitative estimate of drug-likeness (QED) is 0.805. The normalized spacial score (nSPS) is 15.6. The van der Waals surface area contributed by atoms with Crippen molar-refractivity contribution in [1.82, 2.24) is 4.31 Å². The maximum atomic E-state index is 12.8. The number of rotatable bonds is 4. The minimum atomic E-state index is -3.61. The Bertz CT molecular complexity index is 919. The lowest BCUT2D eigenvalue weighted by Gasteiger charge is -2.26. The van der Waals surface area contributed by atoms with Crippen LogP contribution in [0.3, 0.4) is 0 Å². The van der Waals surface area contributed by atoms with E-state index in [0.29, 0.717) is 18.7 Å². The molecule has 0 atom stereocenters. The molecule has 138 valence electrons. The van der Waals surface area contributed by atoms with E-state index in [1.165, 1.54) is 22.5 Å². The third-order valence-corrected chi connectivity index (χ3v) is 6.45. The number of carbonyl (C=O) groups is 1. The number of hydrogen-bond donors (Lipinski definition) is 2. The molecule has 1 heterocycles. The van der Waals surface area contributed by atoms with Gasteiger partial charge >= 0.3 is 0 Å². The number of sulfonamides is 1. The highest BCUT2D eigenvalue weighted by Gasteiger charge is 2.27. The van der Waals surface area contributed by atoms with Gasteiger partial charge in [-0.1, -0.05) is 24.6 Å². The summed E-state index contributed by atoms with van der Waals surface area (Å²) in [7, 11) is -3.61. The lowest BCUT2D eigenvalue weighted by Crippen LogP contribution is -2.35. The predicted octanol–water partition coefficient (Wildman–Crippen LogP) is 3.13. The fraction of sp³-hybridized carbons (Fsp3) is 0.316.